The van der Waals surface area contributed by atoms with E-state index in [-0.39, 0.29) is 36.3 Å². The Kier molecular flexibility index (Phi) is 7.23. The van der Waals surface area contributed by atoms with Gasteiger partial charge in [0.25, 0.3) is 0 Å². The molecular weight excluding hydrogens is 526 g/mol. The standard InChI is InChI=1S/C27H34F2N6O3S/c1-5-9-36-20-13-19(22-23(20)38-27(3,4)37-22)35-25-21(33-34-35)24(31-26(32-25)39-10-6-2)30-18-12-15(18)14-7-8-16(28)17(29)11-14/h7-8,11,15,18-20,22-23H,5-6,9-10,12-13H2,1-4H3,(H,30,31,32)/t15-,18-,19-,20+,22+,23-/m1/s1. The van der Waals surface area contributed by atoms with Crippen LogP contribution in [0, 0.1) is 11.6 Å². The normalized spacial score (nSPS) is 29.2. The van der Waals surface area contributed by atoms with Crippen molar-refractivity contribution in [2.75, 3.05) is 17.7 Å². The first kappa shape index (κ1) is 26.8. The molecule has 0 radical (unpaired) electrons. The first-order chi connectivity index (χ1) is 18.8. The zero-order valence-corrected chi connectivity index (χ0v) is 23.4. The van der Waals surface area contributed by atoms with Gasteiger partial charge in [0, 0.05) is 30.7 Å². The third kappa shape index (κ3) is 5.23. The number of halogens is 2. The van der Waals surface area contributed by atoms with Crippen LogP contribution in [0.5, 0.6) is 0 Å². The van der Waals surface area contributed by atoms with Crippen molar-refractivity contribution in [1.82, 2.24) is 25.0 Å². The average molecular weight is 561 g/mol. The number of hydrogen-bond donors (Lipinski definition) is 1. The molecule has 12 heteroatoms. The molecule has 2 aromatic heterocycles. The number of anilines is 1. The molecule has 3 fully saturated rings. The van der Waals surface area contributed by atoms with Gasteiger partial charge in [-0.15, -0.1) is 5.10 Å². The number of ether oxygens (including phenoxy) is 3. The van der Waals surface area contributed by atoms with Gasteiger partial charge in [-0.25, -0.2) is 23.4 Å². The second kappa shape index (κ2) is 10.5. The third-order valence-corrected chi connectivity index (χ3v) is 8.51. The summed E-state index contributed by atoms with van der Waals surface area (Å²) in [6.07, 6.45) is 2.80. The summed E-state index contributed by atoms with van der Waals surface area (Å²) >= 11 is 1.58. The van der Waals surface area contributed by atoms with E-state index >= 15 is 0 Å². The van der Waals surface area contributed by atoms with Crippen LogP contribution in [-0.4, -0.2) is 67.5 Å². The number of hydrogen-bond acceptors (Lipinski definition) is 9. The molecule has 210 valence electrons. The van der Waals surface area contributed by atoms with Crippen LogP contribution in [0.4, 0.5) is 14.6 Å². The number of aromatic nitrogens is 5. The van der Waals surface area contributed by atoms with Crippen LogP contribution in [-0.2, 0) is 14.2 Å². The Balaban J connectivity index is 1.31. The molecule has 2 aliphatic carbocycles. The Labute approximate surface area is 230 Å². The van der Waals surface area contributed by atoms with Crippen molar-refractivity contribution in [2.45, 2.75) is 101 Å². The molecule has 9 nitrogen and oxygen atoms in total. The first-order valence-corrected chi connectivity index (χ1v) is 14.7. The number of rotatable bonds is 10. The Hall–Kier alpha value is -2.41. The Bertz CT molecular complexity index is 1360. The number of nitrogens with one attached hydrogen (secondary N) is 1. The van der Waals surface area contributed by atoms with Crippen molar-refractivity contribution < 1.29 is 23.0 Å². The number of fused-ring (bicyclic) bond motifs is 2. The van der Waals surface area contributed by atoms with Crippen molar-refractivity contribution >= 4 is 28.7 Å². The van der Waals surface area contributed by atoms with Crippen LogP contribution >= 0.6 is 11.8 Å². The fraction of sp³-hybridized carbons (Fsp3) is 0.630. The summed E-state index contributed by atoms with van der Waals surface area (Å²) in [6, 6.07) is 3.95. The fourth-order valence-electron chi connectivity index (χ4n) is 5.61. The summed E-state index contributed by atoms with van der Waals surface area (Å²) < 4.78 is 47.8. The second-order valence-electron chi connectivity index (χ2n) is 11.0. The maximum atomic E-state index is 13.8. The van der Waals surface area contributed by atoms with E-state index in [0.29, 0.717) is 35.2 Å². The molecule has 3 aromatic rings. The van der Waals surface area contributed by atoms with E-state index in [1.807, 2.05) is 18.5 Å². The highest BCUT2D eigenvalue weighted by atomic mass is 32.2. The summed E-state index contributed by atoms with van der Waals surface area (Å²) in [4.78, 5) is 9.64. The summed E-state index contributed by atoms with van der Waals surface area (Å²) in [5.74, 6) is -0.863. The SMILES string of the molecule is CCCO[C@H]1C[C@@H](n2nnc3c(N[C@@H]4C[C@@H]4c4ccc(F)c(F)c4)nc(SCCC)nc32)[C@@H]2OC(C)(C)O[C@@H]21. The van der Waals surface area contributed by atoms with Crippen molar-refractivity contribution in [3.63, 3.8) is 0 Å². The Morgan fingerprint density at radius 1 is 1.10 bits per heavy atom. The number of nitrogens with zero attached hydrogens (tertiary/aromatic N) is 5. The minimum absolute atomic E-state index is 0.0252. The molecule has 6 rings (SSSR count). The lowest BCUT2D eigenvalue weighted by Gasteiger charge is -2.23. The zero-order valence-electron chi connectivity index (χ0n) is 22.6. The average Bonchev–Trinajstić information content (AvgIpc) is 3.24. The molecule has 3 heterocycles. The van der Waals surface area contributed by atoms with E-state index in [1.165, 1.54) is 12.1 Å². The summed E-state index contributed by atoms with van der Waals surface area (Å²) in [7, 11) is 0. The molecular formula is C27H34F2N6O3S. The van der Waals surface area contributed by atoms with E-state index in [2.05, 4.69) is 29.5 Å². The molecule has 1 aliphatic heterocycles. The van der Waals surface area contributed by atoms with Crippen molar-refractivity contribution in [3.05, 3.63) is 35.4 Å². The predicted molar refractivity (Wildman–Crippen MR) is 143 cm³/mol. The van der Waals surface area contributed by atoms with Crippen molar-refractivity contribution in [3.8, 4) is 0 Å². The molecule has 0 unspecified atom stereocenters. The van der Waals surface area contributed by atoms with Gasteiger partial charge < -0.3 is 19.5 Å². The van der Waals surface area contributed by atoms with E-state index in [0.717, 1.165) is 30.6 Å². The van der Waals surface area contributed by atoms with Crippen LogP contribution in [0.3, 0.4) is 0 Å². The van der Waals surface area contributed by atoms with Crippen LogP contribution in [0.2, 0.25) is 0 Å². The highest BCUT2D eigenvalue weighted by Crippen LogP contribution is 2.47. The Morgan fingerprint density at radius 2 is 1.92 bits per heavy atom. The van der Waals surface area contributed by atoms with Crippen LogP contribution in [0.1, 0.15) is 70.9 Å². The van der Waals surface area contributed by atoms with E-state index in [4.69, 9.17) is 24.2 Å². The van der Waals surface area contributed by atoms with Gasteiger partial charge in [0.1, 0.15) is 12.2 Å². The maximum absolute atomic E-state index is 13.8. The topological polar surface area (TPSA) is 96.2 Å². The lowest BCUT2D eigenvalue weighted by Crippen LogP contribution is -2.31. The first-order valence-electron chi connectivity index (χ1n) is 13.7. The van der Waals surface area contributed by atoms with E-state index in [1.54, 1.807) is 17.8 Å². The summed E-state index contributed by atoms with van der Waals surface area (Å²) in [6.45, 7) is 8.68. The molecule has 1 aromatic carbocycles. The minimum Gasteiger partial charge on any atom is -0.375 e. The fourth-order valence-corrected chi connectivity index (χ4v) is 6.31. The maximum Gasteiger partial charge on any atom is 0.191 e. The summed E-state index contributed by atoms with van der Waals surface area (Å²) in [5.41, 5.74) is 1.96. The van der Waals surface area contributed by atoms with Crippen LogP contribution < -0.4 is 5.32 Å². The highest BCUT2D eigenvalue weighted by Gasteiger charge is 2.56. The smallest absolute Gasteiger partial charge is 0.191 e. The van der Waals surface area contributed by atoms with E-state index in [9.17, 15) is 8.78 Å². The largest absolute Gasteiger partial charge is 0.375 e. The van der Waals surface area contributed by atoms with Gasteiger partial charge in [0.15, 0.2) is 39.6 Å². The predicted octanol–water partition coefficient (Wildman–Crippen LogP) is 5.23. The van der Waals surface area contributed by atoms with Gasteiger partial charge in [-0.1, -0.05) is 36.9 Å². The lowest BCUT2D eigenvalue weighted by molar-refractivity contribution is -0.170. The molecule has 6 atom stereocenters. The van der Waals surface area contributed by atoms with E-state index < -0.39 is 17.4 Å². The molecule has 0 amide bonds. The van der Waals surface area contributed by atoms with Gasteiger partial charge in [0.2, 0.25) is 0 Å². The number of benzene rings is 1. The van der Waals surface area contributed by atoms with Crippen molar-refractivity contribution in [1.29, 1.82) is 0 Å². The minimum atomic E-state index is -0.841. The molecule has 3 aliphatic rings. The molecule has 1 N–H and O–H groups in total. The molecule has 1 saturated heterocycles. The van der Waals surface area contributed by atoms with Gasteiger partial charge >= 0.3 is 0 Å². The molecule has 39 heavy (non-hydrogen) atoms. The quantitative estimate of drug-likeness (QED) is 0.264. The highest BCUT2D eigenvalue weighted by molar-refractivity contribution is 7.99. The Morgan fingerprint density at radius 3 is 2.69 bits per heavy atom. The lowest BCUT2D eigenvalue weighted by atomic mass is 10.1. The van der Waals surface area contributed by atoms with Gasteiger partial charge in [-0.3, -0.25) is 0 Å². The summed E-state index contributed by atoms with van der Waals surface area (Å²) in [5, 5.41) is 13.2. The third-order valence-electron chi connectivity index (χ3n) is 7.46. The zero-order chi connectivity index (χ0) is 27.3. The monoisotopic (exact) mass is 560 g/mol. The second-order valence-corrected chi connectivity index (χ2v) is 12.0. The molecule has 0 bridgehead atoms. The van der Waals surface area contributed by atoms with Crippen LogP contribution in [0.25, 0.3) is 11.2 Å². The van der Waals surface area contributed by atoms with Gasteiger partial charge in [-0.05, 0) is 50.8 Å². The van der Waals surface area contributed by atoms with Gasteiger partial charge in [-0.2, -0.15) is 0 Å². The van der Waals surface area contributed by atoms with Crippen LogP contribution in [0.15, 0.2) is 23.4 Å². The molecule has 0 spiro atoms. The van der Waals surface area contributed by atoms with Gasteiger partial charge in [0.05, 0.1) is 12.1 Å². The van der Waals surface area contributed by atoms with Crippen molar-refractivity contribution in [2.24, 2.45) is 0 Å². The molecule has 2 saturated carbocycles. The number of thioether (sulfide) groups is 1.